The van der Waals surface area contributed by atoms with E-state index in [4.69, 9.17) is 5.73 Å². The van der Waals surface area contributed by atoms with Gasteiger partial charge in [-0.3, -0.25) is 9.48 Å². The molecule has 2 aliphatic rings. The van der Waals surface area contributed by atoms with Crippen molar-refractivity contribution < 1.29 is 9.59 Å². The molecule has 3 rings (SSSR count). The van der Waals surface area contributed by atoms with Gasteiger partial charge in [0.1, 0.15) is 0 Å². The highest BCUT2D eigenvalue weighted by atomic mass is 16.2. The normalized spacial score (nSPS) is 27.7. The Balaban J connectivity index is 1.47. The van der Waals surface area contributed by atoms with E-state index in [0.717, 1.165) is 38.5 Å². The van der Waals surface area contributed by atoms with Crippen molar-refractivity contribution in [3.05, 3.63) is 18.0 Å². The van der Waals surface area contributed by atoms with Crippen LogP contribution in [0.15, 0.2) is 12.4 Å². The molecule has 1 aliphatic heterocycles. The van der Waals surface area contributed by atoms with E-state index >= 15 is 0 Å². The lowest BCUT2D eigenvalue weighted by Crippen LogP contribution is -2.49. The molecule has 7 nitrogen and oxygen atoms in total. The molecule has 1 saturated heterocycles. The van der Waals surface area contributed by atoms with Gasteiger partial charge in [-0.25, -0.2) is 4.79 Å². The summed E-state index contributed by atoms with van der Waals surface area (Å²) in [5.74, 6) is -0.0583. The van der Waals surface area contributed by atoms with Crippen molar-refractivity contribution in [1.29, 1.82) is 0 Å². The lowest BCUT2D eigenvalue weighted by atomic mass is 9.90. The topological polar surface area (TPSA) is 93.2 Å². The highest BCUT2D eigenvalue weighted by Crippen LogP contribution is 2.28. The van der Waals surface area contributed by atoms with Gasteiger partial charge in [-0.2, -0.15) is 5.10 Å². The van der Waals surface area contributed by atoms with Crippen LogP contribution < -0.4 is 11.1 Å². The van der Waals surface area contributed by atoms with Crippen LogP contribution in [0.5, 0.6) is 0 Å². The van der Waals surface area contributed by atoms with Crippen LogP contribution in [0.3, 0.4) is 0 Å². The molecule has 2 heterocycles. The number of primary amides is 1. The number of likely N-dealkylation sites (tertiary alicyclic amines) is 1. The molecule has 1 unspecified atom stereocenters. The maximum Gasteiger partial charge on any atom is 0.314 e. The average molecular weight is 333 g/mol. The quantitative estimate of drug-likeness (QED) is 0.879. The van der Waals surface area contributed by atoms with Gasteiger partial charge < -0.3 is 16.0 Å². The summed E-state index contributed by atoms with van der Waals surface area (Å²) >= 11 is 0. The van der Waals surface area contributed by atoms with Gasteiger partial charge in [-0.1, -0.05) is 0 Å². The number of amides is 3. The van der Waals surface area contributed by atoms with Gasteiger partial charge in [-0.15, -0.1) is 0 Å². The number of nitrogens with one attached hydrogen (secondary N) is 1. The molecule has 132 valence electrons. The summed E-state index contributed by atoms with van der Waals surface area (Å²) in [6.07, 6.45) is 9.66. The summed E-state index contributed by atoms with van der Waals surface area (Å²) in [6, 6.07) is 0.240. The Hall–Kier alpha value is -2.05. The predicted molar refractivity (Wildman–Crippen MR) is 90.3 cm³/mol. The first-order valence-electron chi connectivity index (χ1n) is 8.88. The van der Waals surface area contributed by atoms with Crippen molar-refractivity contribution in [3.63, 3.8) is 0 Å². The van der Waals surface area contributed by atoms with Crippen LogP contribution >= 0.6 is 0 Å². The Morgan fingerprint density at radius 3 is 2.62 bits per heavy atom. The molecule has 0 bridgehead atoms. The highest BCUT2D eigenvalue weighted by molar-refractivity contribution is 5.80. The summed E-state index contributed by atoms with van der Waals surface area (Å²) in [7, 11) is 0. The number of hydrogen-bond donors (Lipinski definition) is 2. The number of urea groups is 1. The number of hydrogen-bond acceptors (Lipinski definition) is 3. The minimum Gasteiger partial charge on any atom is -0.353 e. The molecule has 3 amide bonds. The number of carbonyl (C=O) groups excluding carboxylic acids is 2. The molecular weight excluding hydrogens is 306 g/mol. The van der Waals surface area contributed by atoms with Crippen molar-refractivity contribution in [1.82, 2.24) is 20.0 Å². The zero-order chi connectivity index (χ0) is 17.1. The monoisotopic (exact) mass is 333 g/mol. The Kier molecular flexibility index (Phi) is 5.06. The van der Waals surface area contributed by atoms with Crippen LogP contribution in [0.2, 0.25) is 0 Å². The molecule has 1 aromatic heterocycles. The molecule has 3 N–H and O–H groups in total. The van der Waals surface area contributed by atoms with E-state index in [1.165, 1.54) is 5.56 Å². The lowest BCUT2D eigenvalue weighted by molar-refractivity contribution is -0.127. The molecule has 0 radical (unpaired) electrons. The maximum atomic E-state index is 12.5. The number of rotatable bonds is 3. The van der Waals surface area contributed by atoms with Crippen LogP contribution in [-0.2, 0) is 4.79 Å². The third kappa shape index (κ3) is 3.88. The average Bonchev–Trinajstić information content (AvgIpc) is 3.02. The van der Waals surface area contributed by atoms with Crippen molar-refractivity contribution in [3.8, 4) is 0 Å². The molecule has 0 spiro atoms. The van der Waals surface area contributed by atoms with Crippen LogP contribution in [0, 0.1) is 12.8 Å². The SMILES string of the molecule is Cc1cnn(C2CCC(NC(=O)C3CCCN(C(N)=O)C3)CC2)c1. The summed E-state index contributed by atoms with van der Waals surface area (Å²) in [4.78, 5) is 25.3. The Morgan fingerprint density at radius 2 is 2.00 bits per heavy atom. The second-order valence-electron chi connectivity index (χ2n) is 7.14. The molecule has 7 heteroatoms. The second kappa shape index (κ2) is 7.23. The fourth-order valence-corrected chi connectivity index (χ4v) is 3.83. The van der Waals surface area contributed by atoms with Crippen LogP contribution in [0.25, 0.3) is 0 Å². The van der Waals surface area contributed by atoms with E-state index in [-0.39, 0.29) is 17.9 Å². The first-order chi connectivity index (χ1) is 11.5. The fourth-order valence-electron chi connectivity index (χ4n) is 3.83. The number of nitrogens with two attached hydrogens (primary N) is 1. The molecule has 1 aromatic rings. The van der Waals surface area contributed by atoms with Crippen LogP contribution in [0.1, 0.15) is 50.1 Å². The third-order valence-electron chi connectivity index (χ3n) is 5.25. The summed E-state index contributed by atoms with van der Waals surface area (Å²) in [5, 5.41) is 7.58. The first kappa shape index (κ1) is 16.8. The van der Waals surface area contributed by atoms with Crippen molar-refractivity contribution in [2.45, 2.75) is 57.5 Å². The minimum atomic E-state index is -0.428. The molecule has 2 fully saturated rings. The molecule has 1 aliphatic carbocycles. The van der Waals surface area contributed by atoms with Crippen molar-refractivity contribution in [2.75, 3.05) is 13.1 Å². The number of aryl methyl sites for hydroxylation is 1. The maximum absolute atomic E-state index is 12.5. The standard InChI is InChI=1S/C17H27N5O2/c1-12-9-19-22(10-12)15-6-4-14(5-7-15)20-16(23)13-3-2-8-21(11-13)17(18)24/h9-10,13-15H,2-8,11H2,1H3,(H2,18,24)(H,20,23). The minimum absolute atomic E-state index is 0.0688. The van der Waals surface area contributed by atoms with E-state index in [1.807, 2.05) is 6.20 Å². The van der Waals surface area contributed by atoms with Crippen LogP contribution in [0.4, 0.5) is 4.79 Å². The molecular formula is C17H27N5O2. The van der Waals surface area contributed by atoms with Gasteiger partial charge in [0.25, 0.3) is 0 Å². The summed E-state index contributed by atoms with van der Waals surface area (Å²) in [5.41, 5.74) is 6.52. The van der Waals surface area contributed by atoms with Gasteiger partial charge in [0.15, 0.2) is 0 Å². The van der Waals surface area contributed by atoms with E-state index in [2.05, 4.69) is 28.2 Å². The summed E-state index contributed by atoms with van der Waals surface area (Å²) in [6.45, 7) is 3.16. The Labute approximate surface area is 142 Å². The van der Waals surface area contributed by atoms with Gasteiger partial charge in [0.2, 0.25) is 5.91 Å². The number of nitrogens with zero attached hydrogens (tertiary/aromatic N) is 3. The molecule has 1 saturated carbocycles. The molecule has 0 aromatic carbocycles. The zero-order valence-electron chi connectivity index (χ0n) is 14.3. The highest BCUT2D eigenvalue weighted by Gasteiger charge is 2.30. The zero-order valence-corrected chi connectivity index (χ0v) is 14.3. The fraction of sp³-hybridized carbons (Fsp3) is 0.706. The third-order valence-corrected chi connectivity index (χ3v) is 5.25. The Bertz CT molecular complexity index is 592. The van der Waals surface area contributed by atoms with E-state index in [9.17, 15) is 9.59 Å². The number of piperidine rings is 1. The number of aromatic nitrogens is 2. The smallest absolute Gasteiger partial charge is 0.314 e. The Morgan fingerprint density at radius 1 is 1.25 bits per heavy atom. The molecule has 24 heavy (non-hydrogen) atoms. The first-order valence-corrected chi connectivity index (χ1v) is 8.88. The van der Waals surface area contributed by atoms with Gasteiger partial charge >= 0.3 is 6.03 Å². The van der Waals surface area contributed by atoms with Gasteiger partial charge in [0, 0.05) is 25.3 Å². The second-order valence-corrected chi connectivity index (χ2v) is 7.14. The van der Waals surface area contributed by atoms with Crippen molar-refractivity contribution >= 4 is 11.9 Å². The molecule has 1 atom stereocenters. The summed E-state index contributed by atoms with van der Waals surface area (Å²) < 4.78 is 2.05. The van der Waals surface area contributed by atoms with Crippen molar-refractivity contribution in [2.24, 2.45) is 11.7 Å². The van der Waals surface area contributed by atoms with E-state index in [1.54, 1.807) is 4.90 Å². The van der Waals surface area contributed by atoms with E-state index in [0.29, 0.717) is 19.1 Å². The largest absolute Gasteiger partial charge is 0.353 e. The predicted octanol–water partition coefficient (Wildman–Crippen LogP) is 1.58. The van der Waals surface area contributed by atoms with Crippen LogP contribution in [-0.4, -0.2) is 45.8 Å². The lowest BCUT2D eigenvalue weighted by Gasteiger charge is -2.33. The number of carbonyl (C=O) groups is 2. The van der Waals surface area contributed by atoms with Gasteiger partial charge in [-0.05, 0) is 51.0 Å². The van der Waals surface area contributed by atoms with E-state index < -0.39 is 6.03 Å². The van der Waals surface area contributed by atoms with Gasteiger partial charge in [0.05, 0.1) is 18.2 Å².